The van der Waals surface area contributed by atoms with E-state index in [2.05, 4.69) is 38.2 Å². The highest BCUT2D eigenvalue weighted by molar-refractivity contribution is 5.69. The Balaban J connectivity index is 3.91. The van der Waals surface area contributed by atoms with Crippen molar-refractivity contribution in [3.63, 3.8) is 0 Å². The molecule has 288 valence electrons. The van der Waals surface area contributed by atoms with E-state index in [-0.39, 0.29) is 18.5 Å². The summed E-state index contributed by atoms with van der Waals surface area (Å²) in [5, 5.41) is 8.79. The third-order valence-electron chi connectivity index (χ3n) is 9.91. The normalized spacial score (nSPS) is 12.4. The number of unbranched alkanes of at least 4 members (excludes halogenated alkanes) is 29. The molecular formula is C45H84O4. The standard InChI is InChI=1S/C45H84O4/c1-3-5-7-9-11-13-14-15-16-17-18-19-20-21-22-23-24-26-28-34-38-42-45(48)49-43(39-35-31-27-25-12-10-8-6-4-2)40-36-32-29-30-33-37-41-44(46)47/h25,27,35,39,43H,3-24,26,28-34,36-38,40-42H2,1-2H3,(H,46,47)/b27-25-,39-35-. The molecule has 1 unspecified atom stereocenters. The Kier molecular flexibility index (Phi) is 39.5. The van der Waals surface area contributed by atoms with Crippen molar-refractivity contribution in [2.75, 3.05) is 0 Å². The van der Waals surface area contributed by atoms with Crippen molar-refractivity contribution in [2.24, 2.45) is 0 Å². The third-order valence-corrected chi connectivity index (χ3v) is 9.91. The molecule has 49 heavy (non-hydrogen) atoms. The fraction of sp³-hybridized carbons (Fsp3) is 0.867. The molecule has 0 rings (SSSR count). The molecule has 0 bridgehead atoms. The van der Waals surface area contributed by atoms with E-state index in [1.807, 2.05) is 0 Å². The summed E-state index contributed by atoms with van der Waals surface area (Å²) in [4.78, 5) is 23.3. The molecule has 4 heteroatoms. The van der Waals surface area contributed by atoms with E-state index >= 15 is 0 Å². The van der Waals surface area contributed by atoms with E-state index < -0.39 is 5.97 Å². The summed E-state index contributed by atoms with van der Waals surface area (Å²) in [5.74, 6) is -0.749. The van der Waals surface area contributed by atoms with Crippen LogP contribution in [0.2, 0.25) is 0 Å². The first-order valence-electron chi connectivity index (χ1n) is 21.8. The van der Waals surface area contributed by atoms with Gasteiger partial charge in [-0.05, 0) is 51.0 Å². The number of esters is 1. The van der Waals surface area contributed by atoms with E-state index in [1.165, 1.54) is 148 Å². The fourth-order valence-electron chi connectivity index (χ4n) is 6.66. The molecule has 1 N–H and O–H groups in total. The van der Waals surface area contributed by atoms with Gasteiger partial charge in [0.1, 0.15) is 6.10 Å². The second-order valence-corrected chi connectivity index (χ2v) is 14.9. The maximum absolute atomic E-state index is 12.7. The van der Waals surface area contributed by atoms with Gasteiger partial charge in [0.2, 0.25) is 0 Å². The van der Waals surface area contributed by atoms with Crippen molar-refractivity contribution < 1.29 is 19.4 Å². The van der Waals surface area contributed by atoms with Crippen LogP contribution in [0.3, 0.4) is 0 Å². The van der Waals surface area contributed by atoms with Gasteiger partial charge in [-0.25, -0.2) is 0 Å². The number of allylic oxidation sites excluding steroid dienone is 3. The molecule has 0 aromatic carbocycles. The number of carboxylic acids is 1. The van der Waals surface area contributed by atoms with Crippen molar-refractivity contribution in [2.45, 2.75) is 251 Å². The SMILES string of the molecule is CCCCCC/C=C\C/C=C\C(CCCCCCCCC(=O)O)OC(=O)CCCCCCCCCCCCCCCCCCCCCCC. The number of aliphatic carboxylic acids is 1. The highest BCUT2D eigenvalue weighted by Gasteiger charge is 2.11. The quantitative estimate of drug-likeness (QED) is 0.0395. The Morgan fingerprint density at radius 1 is 0.469 bits per heavy atom. The molecule has 0 spiro atoms. The number of ether oxygens (including phenoxy) is 1. The lowest BCUT2D eigenvalue weighted by atomic mass is 10.0. The molecule has 0 aliphatic carbocycles. The summed E-state index contributed by atoms with van der Waals surface area (Å²) in [6.07, 6.45) is 52.3. The highest BCUT2D eigenvalue weighted by atomic mass is 16.5. The zero-order valence-corrected chi connectivity index (χ0v) is 33.0. The number of hydrogen-bond acceptors (Lipinski definition) is 3. The Hall–Kier alpha value is -1.58. The van der Waals surface area contributed by atoms with Crippen LogP contribution in [-0.4, -0.2) is 23.1 Å². The molecule has 0 heterocycles. The summed E-state index contributed by atoms with van der Waals surface area (Å²) in [6.45, 7) is 4.54. The zero-order chi connectivity index (χ0) is 35.7. The van der Waals surface area contributed by atoms with Gasteiger partial charge in [-0.15, -0.1) is 0 Å². The van der Waals surface area contributed by atoms with Gasteiger partial charge in [0, 0.05) is 12.8 Å². The monoisotopic (exact) mass is 689 g/mol. The first kappa shape index (κ1) is 47.4. The average molecular weight is 689 g/mol. The first-order valence-corrected chi connectivity index (χ1v) is 21.8. The van der Waals surface area contributed by atoms with E-state index in [4.69, 9.17) is 9.84 Å². The van der Waals surface area contributed by atoms with Crippen LogP contribution in [-0.2, 0) is 14.3 Å². The van der Waals surface area contributed by atoms with Gasteiger partial charge < -0.3 is 9.84 Å². The van der Waals surface area contributed by atoms with Crippen LogP contribution in [0.1, 0.15) is 245 Å². The molecular weight excluding hydrogens is 604 g/mol. The second-order valence-electron chi connectivity index (χ2n) is 14.9. The largest absolute Gasteiger partial charge is 0.481 e. The van der Waals surface area contributed by atoms with Gasteiger partial charge in [0.15, 0.2) is 0 Å². The Labute approximate surface area is 306 Å². The number of carbonyl (C=O) groups excluding carboxylic acids is 1. The summed E-state index contributed by atoms with van der Waals surface area (Å²) < 4.78 is 5.92. The lowest BCUT2D eigenvalue weighted by Gasteiger charge is -2.14. The van der Waals surface area contributed by atoms with Crippen LogP contribution >= 0.6 is 0 Å². The number of carboxylic acid groups (broad SMARTS) is 1. The van der Waals surface area contributed by atoms with Gasteiger partial charge in [0.25, 0.3) is 0 Å². The Morgan fingerprint density at radius 2 is 0.857 bits per heavy atom. The molecule has 0 amide bonds. The number of hydrogen-bond donors (Lipinski definition) is 1. The van der Waals surface area contributed by atoms with Crippen LogP contribution in [0.5, 0.6) is 0 Å². The predicted molar refractivity (Wildman–Crippen MR) is 213 cm³/mol. The molecule has 1 atom stereocenters. The minimum atomic E-state index is -0.701. The first-order chi connectivity index (χ1) is 24.1. The van der Waals surface area contributed by atoms with E-state index in [0.29, 0.717) is 6.42 Å². The van der Waals surface area contributed by atoms with Crippen molar-refractivity contribution in [1.29, 1.82) is 0 Å². The lowest BCUT2D eigenvalue weighted by Crippen LogP contribution is -2.16. The second kappa shape index (κ2) is 40.8. The highest BCUT2D eigenvalue weighted by Crippen LogP contribution is 2.17. The molecule has 0 aliphatic rings. The number of rotatable bonds is 40. The van der Waals surface area contributed by atoms with Crippen molar-refractivity contribution >= 4 is 11.9 Å². The van der Waals surface area contributed by atoms with E-state index in [9.17, 15) is 9.59 Å². The van der Waals surface area contributed by atoms with E-state index in [0.717, 1.165) is 70.6 Å². The van der Waals surface area contributed by atoms with Crippen molar-refractivity contribution in [3.8, 4) is 0 Å². The summed E-state index contributed by atoms with van der Waals surface area (Å²) in [7, 11) is 0. The molecule has 0 saturated carbocycles. The third kappa shape index (κ3) is 40.7. The van der Waals surface area contributed by atoms with Gasteiger partial charge in [0.05, 0.1) is 0 Å². The van der Waals surface area contributed by atoms with Crippen LogP contribution < -0.4 is 0 Å². The smallest absolute Gasteiger partial charge is 0.306 e. The molecule has 0 fully saturated rings. The maximum atomic E-state index is 12.7. The summed E-state index contributed by atoms with van der Waals surface area (Å²) >= 11 is 0. The average Bonchev–Trinajstić information content (AvgIpc) is 3.09. The van der Waals surface area contributed by atoms with Gasteiger partial charge in [-0.1, -0.05) is 205 Å². The minimum absolute atomic E-state index is 0.0485. The van der Waals surface area contributed by atoms with E-state index in [1.54, 1.807) is 0 Å². The van der Waals surface area contributed by atoms with Crippen LogP contribution in [0.4, 0.5) is 0 Å². The van der Waals surface area contributed by atoms with Crippen LogP contribution in [0.15, 0.2) is 24.3 Å². The Morgan fingerprint density at radius 3 is 1.31 bits per heavy atom. The van der Waals surface area contributed by atoms with Crippen molar-refractivity contribution in [3.05, 3.63) is 24.3 Å². The van der Waals surface area contributed by atoms with Crippen LogP contribution in [0, 0.1) is 0 Å². The van der Waals surface area contributed by atoms with Gasteiger partial charge in [-0.2, -0.15) is 0 Å². The zero-order valence-electron chi connectivity index (χ0n) is 33.0. The molecule has 0 aromatic heterocycles. The summed E-state index contributed by atoms with van der Waals surface area (Å²) in [5.41, 5.74) is 0. The molecule has 4 nitrogen and oxygen atoms in total. The predicted octanol–water partition coefficient (Wildman–Crippen LogP) is 15.2. The Bertz CT molecular complexity index is 742. The number of carbonyl (C=O) groups is 2. The molecule has 0 aromatic rings. The van der Waals surface area contributed by atoms with Crippen molar-refractivity contribution in [1.82, 2.24) is 0 Å². The molecule has 0 aliphatic heterocycles. The molecule has 0 radical (unpaired) electrons. The molecule has 0 saturated heterocycles. The summed E-state index contributed by atoms with van der Waals surface area (Å²) in [6, 6.07) is 0. The maximum Gasteiger partial charge on any atom is 0.306 e. The minimum Gasteiger partial charge on any atom is -0.481 e. The topological polar surface area (TPSA) is 63.6 Å². The van der Waals surface area contributed by atoms with Crippen LogP contribution in [0.25, 0.3) is 0 Å². The van der Waals surface area contributed by atoms with Gasteiger partial charge in [-0.3, -0.25) is 9.59 Å². The fourth-order valence-corrected chi connectivity index (χ4v) is 6.66. The lowest BCUT2D eigenvalue weighted by molar-refractivity contribution is -0.147. The van der Waals surface area contributed by atoms with Gasteiger partial charge >= 0.3 is 11.9 Å².